The second-order valence-corrected chi connectivity index (χ2v) is 8.99. The van der Waals surface area contributed by atoms with E-state index >= 15 is 0 Å². The third kappa shape index (κ3) is 4.55. The van der Waals surface area contributed by atoms with Crippen LogP contribution in [0.2, 0.25) is 0 Å². The lowest BCUT2D eigenvalue weighted by Crippen LogP contribution is -2.28. The van der Waals surface area contributed by atoms with E-state index in [2.05, 4.69) is 23.1 Å². The van der Waals surface area contributed by atoms with Crippen molar-refractivity contribution in [2.45, 2.75) is 32.6 Å². The Morgan fingerprint density at radius 1 is 1.08 bits per heavy atom. The highest BCUT2D eigenvalue weighted by molar-refractivity contribution is 5.70. The van der Waals surface area contributed by atoms with Gasteiger partial charge in [0.1, 0.15) is 6.33 Å². The maximum atomic E-state index is 14.6. The van der Waals surface area contributed by atoms with Crippen molar-refractivity contribution >= 4 is 5.78 Å². The van der Waals surface area contributed by atoms with Gasteiger partial charge in [-0.1, -0.05) is 55.8 Å². The molecule has 0 radical (unpaired) electrons. The number of hydrogen-bond acceptors (Lipinski definition) is 5. The van der Waals surface area contributed by atoms with E-state index in [1.165, 1.54) is 30.1 Å². The molecule has 0 N–H and O–H groups in total. The van der Waals surface area contributed by atoms with Crippen LogP contribution in [0.1, 0.15) is 42.1 Å². The van der Waals surface area contributed by atoms with E-state index in [1.54, 1.807) is 16.6 Å². The van der Waals surface area contributed by atoms with E-state index in [0.29, 0.717) is 35.4 Å². The number of methoxy groups -OCH3 is 1. The fourth-order valence-corrected chi connectivity index (χ4v) is 4.70. The summed E-state index contributed by atoms with van der Waals surface area (Å²) in [6, 6.07) is 21.9. The quantitative estimate of drug-likeness (QED) is 0.277. The molecule has 7 nitrogen and oxygen atoms in total. The topological polar surface area (TPSA) is 85.2 Å². The summed E-state index contributed by atoms with van der Waals surface area (Å²) in [6.07, 6.45) is 4.27. The van der Waals surface area contributed by atoms with Gasteiger partial charge in [0, 0.05) is 18.1 Å². The van der Waals surface area contributed by atoms with Crippen molar-refractivity contribution in [2.75, 3.05) is 7.11 Å². The first kappa shape index (κ1) is 24.9. The van der Waals surface area contributed by atoms with Crippen LogP contribution in [0, 0.1) is 17.1 Å². The molecule has 0 saturated carbocycles. The number of aryl methyl sites for hydroxylation is 1. The first-order valence-electron chi connectivity index (χ1n) is 12.4. The highest BCUT2D eigenvalue weighted by Crippen LogP contribution is 2.25. The Labute approximate surface area is 219 Å². The number of aromatic nitrogens is 4. The molecular formula is C30H26FN5O2. The molecule has 8 heteroatoms. The van der Waals surface area contributed by atoms with Gasteiger partial charge in [-0.25, -0.2) is 13.5 Å². The van der Waals surface area contributed by atoms with Gasteiger partial charge in [0.05, 0.1) is 30.1 Å². The zero-order valence-corrected chi connectivity index (χ0v) is 21.2. The predicted molar refractivity (Wildman–Crippen MR) is 143 cm³/mol. The number of halogens is 1. The lowest BCUT2D eigenvalue weighted by Gasteiger charge is -2.16. The molecule has 0 fully saturated rings. The summed E-state index contributed by atoms with van der Waals surface area (Å²) in [6.45, 7) is 2.09. The van der Waals surface area contributed by atoms with Crippen molar-refractivity contribution in [3.8, 4) is 28.6 Å². The molecular weight excluding hydrogens is 481 g/mol. The van der Waals surface area contributed by atoms with Gasteiger partial charge in [-0.2, -0.15) is 15.3 Å². The van der Waals surface area contributed by atoms with Crippen LogP contribution in [-0.2, 0) is 12.8 Å². The molecule has 0 unspecified atom stereocenters. The van der Waals surface area contributed by atoms with Gasteiger partial charge in [-0.15, -0.1) is 0 Å². The Bertz CT molecular complexity index is 1710. The Hall–Kier alpha value is -4.77. The van der Waals surface area contributed by atoms with E-state index in [4.69, 9.17) is 4.74 Å². The summed E-state index contributed by atoms with van der Waals surface area (Å²) in [7, 11) is 1.39. The number of rotatable bonds is 8. The van der Waals surface area contributed by atoms with Crippen LogP contribution in [-0.4, -0.2) is 26.3 Å². The molecule has 0 atom stereocenters. The number of nitriles is 1. The van der Waals surface area contributed by atoms with Crippen molar-refractivity contribution in [2.24, 2.45) is 0 Å². The maximum absolute atomic E-state index is 14.6. The zero-order valence-electron chi connectivity index (χ0n) is 21.2. The number of ether oxygens (including phenoxy) is 1. The van der Waals surface area contributed by atoms with Crippen LogP contribution in [0.15, 0.2) is 77.9 Å². The fraction of sp³-hybridized carbons (Fsp3) is 0.200. The molecule has 190 valence electrons. The summed E-state index contributed by atoms with van der Waals surface area (Å²) in [5.74, 6) is -0.144. The van der Waals surface area contributed by atoms with Crippen LogP contribution < -0.4 is 10.3 Å². The second-order valence-electron chi connectivity index (χ2n) is 8.99. The van der Waals surface area contributed by atoms with Crippen molar-refractivity contribution in [1.29, 1.82) is 5.26 Å². The minimum Gasteiger partial charge on any atom is -0.494 e. The molecule has 38 heavy (non-hydrogen) atoms. The molecule has 0 bridgehead atoms. The van der Waals surface area contributed by atoms with Gasteiger partial charge >= 0.3 is 0 Å². The van der Waals surface area contributed by atoms with Crippen molar-refractivity contribution in [3.05, 3.63) is 112 Å². The largest absolute Gasteiger partial charge is 0.494 e. The average molecular weight is 508 g/mol. The molecule has 0 aliphatic heterocycles. The van der Waals surface area contributed by atoms with Gasteiger partial charge in [0.2, 0.25) is 5.78 Å². The summed E-state index contributed by atoms with van der Waals surface area (Å²) in [5, 5.41) is 13.9. The smallest absolute Gasteiger partial charge is 0.263 e. The zero-order chi connectivity index (χ0) is 26.6. The first-order chi connectivity index (χ1) is 18.5. The van der Waals surface area contributed by atoms with Crippen LogP contribution in [0.25, 0.3) is 22.6 Å². The van der Waals surface area contributed by atoms with Crippen LogP contribution >= 0.6 is 0 Å². The molecule has 2 heterocycles. The normalized spacial score (nSPS) is 11.0. The van der Waals surface area contributed by atoms with Crippen LogP contribution in [0.4, 0.5) is 4.39 Å². The number of benzene rings is 3. The molecule has 3 aromatic carbocycles. The Morgan fingerprint density at radius 3 is 2.58 bits per heavy atom. The van der Waals surface area contributed by atoms with Crippen LogP contribution in [0.3, 0.4) is 0 Å². The molecule has 0 aliphatic rings. The Morgan fingerprint density at radius 2 is 1.87 bits per heavy atom. The first-order valence-corrected chi connectivity index (χ1v) is 12.4. The lowest BCUT2D eigenvalue weighted by atomic mass is 9.97. The third-order valence-electron chi connectivity index (χ3n) is 6.65. The van der Waals surface area contributed by atoms with Gasteiger partial charge in [-0.05, 0) is 47.7 Å². The Kier molecular flexibility index (Phi) is 7.00. The molecule has 0 amide bonds. The summed E-state index contributed by atoms with van der Waals surface area (Å²) in [4.78, 5) is 18.3. The monoisotopic (exact) mass is 507 g/mol. The molecule has 2 aromatic heterocycles. The van der Waals surface area contributed by atoms with E-state index in [-0.39, 0.29) is 11.3 Å². The SMILES string of the molecule is CCCCc1c(Cc2ccc(-c3ccccc3C#N)cc2)c(=O)n(-c2ccc(OC)c(F)c2)c2ncnn12. The van der Waals surface area contributed by atoms with Gasteiger partial charge in [0.15, 0.2) is 11.6 Å². The fourth-order valence-electron chi connectivity index (χ4n) is 4.70. The minimum absolute atomic E-state index is 0.0946. The standard InChI is InChI=1S/C30H26FN5O2/c1-3-4-9-27-25(16-20-10-12-21(13-11-20)24-8-6-5-7-22(24)18-32)29(37)35(30-33-19-34-36(27)30)23-14-15-28(38-2)26(31)17-23/h5-8,10-15,17,19H,3-4,9,16H2,1-2H3. The molecule has 0 aliphatic carbocycles. The average Bonchev–Trinajstić information content (AvgIpc) is 3.42. The van der Waals surface area contributed by atoms with Crippen LogP contribution in [0.5, 0.6) is 5.75 Å². The van der Waals surface area contributed by atoms with E-state index in [0.717, 1.165) is 35.2 Å². The second kappa shape index (κ2) is 10.7. The third-order valence-corrected chi connectivity index (χ3v) is 6.65. The lowest BCUT2D eigenvalue weighted by molar-refractivity contribution is 0.386. The van der Waals surface area contributed by atoms with E-state index in [1.807, 2.05) is 42.5 Å². The highest BCUT2D eigenvalue weighted by atomic mass is 19.1. The molecule has 5 rings (SSSR count). The number of nitrogens with zero attached hydrogens (tertiary/aromatic N) is 5. The summed E-state index contributed by atoms with van der Waals surface area (Å²) >= 11 is 0. The molecule has 0 spiro atoms. The van der Waals surface area contributed by atoms with Gasteiger partial charge < -0.3 is 4.74 Å². The summed E-state index contributed by atoms with van der Waals surface area (Å²) < 4.78 is 22.8. The molecule has 0 saturated heterocycles. The van der Waals surface area contributed by atoms with Gasteiger partial charge in [0.25, 0.3) is 5.56 Å². The predicted octanol–water partition coefficient (Wildman–Crippen LogP) is 5.50. The van der Waals surface area contributed by atoms with Crippen molar-refractivity contribution < 1.29 is 9.13 Å². The maximum Gasteiger partial charge on any atom is 0.263 e. The Balaban J connectivity index is 1.63. The highest BCUT2D eigenvalue weighted by Gasteiger charge is 2.21. The number of hydrogen-bond donors (Lipinski definition) is 0. The number of fused-ring (bicyclic) bond motifs is 1. The van der Waals surface area contributed by atoms with Crippen molar-refractivity contribution in [1.82, 2.24) is 19.2 Å². The minimum atomic E-state index is -0.570. The van der Waals surface area contributed by atoms with E-state index in [9.17, 15) is 14.4 Å². The summed E-state index contributed by atoms with van der Waals surface area (Å²) in [5.41, 5.74) is 4.79. The van der Waals surface area contributed by atoms with Crippen molar-refractivity contribution in [3.63, 3.8) is 0 Å². The van der Waals surface area contributed by atoms with Gasteiger partial charge in [-0.3, -0.25) is 4.79 Å². The van der Waals surface area contributed by atoms with E-state index < -0.39 is 5.82 Å². The molecule has 5 aromatic rings. The number of unbranched alkanes of at least 4 members (excludes halogenated alkanes) is 1.